The molecule has 0 aliphatic rings. The fourth-order valence-electron chi connectivity index (χ4n) is 0. The molecule has 0 unspecified atom stereocenters. The van der Waals surface area contributed by atoms with Crippen LogP contribution in [0.5, 0.6) is 0 Å². The van der Waals surface area contributed by atoms with Crippen molar-refractivity contribution in [3.05, 3.63) is 0 Å². The molecule has 0 saturated heterocycles. The van der Waals surface area contributed by atoms with Crippen LogP contribution in [0.2, 0.25) is 0 Å². The number of carboxylic acid groups (broad SMARTS) is 1. The molecule has 12 heavy (non-hydrogen) atoms. The molecule has 0 aromatic carbocycles. The molecular formula is C6H16NNaO4. The Balaban J connectivity index is -0.0000000406. The van der Waals surface area contributed by atoms with Crippen LogP contribution in [0, 0.1) is 0 Å². The summed E-state index contributed by atoms with van der Waals surface area (Å²) in [6.07, 6.45) is 0. The summed E-state index contributed by atoms with van der Waals surface area (Å²) in [6.45, 7) is 3.47. The van der Waals surface area contributed by atoms with Gasteiger partial charge in [-0.25, -0.2) is 0 Å². The van der Waals surface area contributed by atoms with Crippen molar-refractivity contribution in [1.82, 2.24) is 0 Å². The third-order valence-electron chi connectivity index (χ3n) is 0.167. The Hall–Kier alpha value is 0.350. The molecule has 0 aliphatic carbocycles. The molecule has 0 saturated carbocycles. The maximum atomic E-state index is 9.13. The van der Waals surface area contributed by atoms with Gasteiger partial charge in [-0.05, 0) is 13.8 Å². The Morgan fingerprint density at radius 3 is 1.42 bits per heavy atom. The normalized spacial score (nSPS) is 6.08. The number of rotatable bonds is 1. The quantitative estimate of drug-likeness (QED) is 0.357. The van der Waals surface area contributed by atoms with Crippen LogP contribution in [0.4, 0.5) is 0 Å². The Morgan fingerprint density at radius 1 is 1.33 bits per heavy atom. The van der Waals surface area contributed by atoms with E-state index in [1.54, 1.807) is 13.8 Å². The number of hydrogen-bond acceptors (Lipinski definition) is 5. The fourth-order valence-corrected chi connectivity index (χ4v) is 0. The van der Waals surface area contributed by atoms with E-state index in [1.165, 1.54) is 0 Å². The van der Waals surface area contributed by atoms with Gasteiger partial charge in [0.2, 0.25) is 0 Å². The summed E-state index contributed by atoms with van der Waals surface area (Å²) in [6, 6.07) is 0. The maximum Gasteiger partial charge on any atom is 1.00 e. The molecule has 0 heterocycles. The number of aliphatic carboxylic acids is 1. The van der Waals surface area contributed by atoms with Gasteiger partial charge in [0.25, 0.3) is 0 Å². The molecule has 70 valence electrons. The number of nitrogens with two attached hydrogens (primary N) is 1. The number of carbonyl (C=O) groups is 1. The van der Waals surface area contributed by atoms with Crippen LogP contribution >= 0.6 is 0 Å². The molecule has 6 heteroatoms. The van der Waals surface area contributed by atoms with Gasteiger partial charge < -0.3 is 25.8 Å². The van der Waals surface area contributed by atoms with Crippen LogP contribution in [-0.4, -0.2) is 35.9 Å². The van der Waals surface area contributed by atoms with Gasteiger partial charge in [0.05, 0.1) is 5.97 Å². The van der Waals surface area contributed by atoms with E-state index in [-0.39, 0.29) is 49.3 Å². The van der Waals surface area contributed by atoms with E-state index in [1.807, 2.05) is 0 Å². The van der Waals surface area contributed by atoms with Crippen molar-refractivity contribution in [2.45, 2.75) is 13.8 Å². The van der Waals surface area contributed by atoms with Crippen LogP contribution in [-0.2, 0) is 4.79 Å². The molecule has 0 spiro atoms. The average molecular weight is 189 g/mol. The first-order valence-corrected chi connectivity index (χ1v) is 3.22. The minimum Gasteiger partial charge on any atom is -0.549 e. The molecule has 0 bridgehead atoms. The van der Waals surface area contributed by atoms with E-state index in [0.29, 0.717) is 0 Å². The topological polar surface area (TPSA) is 107 Å². The van der Waals surface area contributed by atoms with Crippen LogP contribution in [0.25, 0.3) is 0 Å². The van der Waals surface area contributed by atoms with Crippen molar-refractivity contribution in [2.24, 2.45) is 5.73 Å². The number of hydrogen-bond donors (Lipinski definition) is 3. The maximum absolute atomic E-state index is 9.13. The number of aliphatic hydroxyl groups excluding tert-OH is 2. The molecule has 0 aromatic heterocycles. The first-order valence-electron chi connectivity index (χ1n) is 3.22. The third kappa shape index (κ3) is 164. The van der Waals surface area contributed by atoms with Gasteiger partial charge in [-0.1, -0.05) is 0 Å². The minimum atomic E-state index is -1.22. The Bertz CT molecular complexity index is 70.6. The summed E-state index contributed by atoms with van der Waals surface area (Å²) in [7, 11) is 0. The summed E-state index contributed by atoms with van der Waals surface area (Å²) in [5.41, 5.74) is 4.51. The zero-order valence-corrected chi connectivity index (χ0v) is 9.91. The number of carbonyl (C=O) groups excluding carboxylic acids is 1. The van der Waals surface area contributed by atoms with Crippen molar-refractivity contribution in [2.75, 3.05) is 19.8 Å². The number of aliphatic hydroxyl groups is 2. The van der Waals surface area contributed by atoms with Crippen molar-refractivity contribution >= 4 is 5.97 Å². The zero-order chi connectivity index (χ0) is 9.70. The Kier molecular flexibility index (Phi) is 57.3. The second kappa shape index (κ2) is 30.2. The first kappa shape index (κ1) is 22.8. The Morgan fingerprint density at radius 2 is 1.42 bits per heavy atom. The van der Waals surface area contributed by atoms with Crippen molar-refractivity contribution < 1.29 is 49.7 Å². The first-order chi connectivity index (χ1) is 5.10. The SMILES string of the molecule is CCO.CCO.NCC(=O)[O-].[Na+]. The van der Waals surface area contributed by atoms with Gasteiger partial charge in [0.1, 0.15) is 0 Å². The second-order valence-corrected chi connectivity index (χ2v) is 1.21. The molecule has 4 N–H and O–H groups in total. The second-order valence-electron chi connectivity index (χ2n) is 1.21. The van der Waals surface area contributed by atoms with Gasteiger partial charge in [-0.2, -0.15) is 0 Å². The van der Waals surface area contributed by atoms with Gasteiger partial charge in [0.15, 0.2) is 0 Å². The predicted molar refractivity (Wildman–Crippen MR) is 39.6 cm³/mol. The Labute approximate surface area is 94.9 Å². The molecular weight excluding hydrogens is 173 g/mol. The van der Waals surface area contributed by atoms with Crippen molar-refractivity contribution in [1.29, 1.82) is 0 Å². The smallest absolute Gasteiger partial charge is 0.549 e. The van der Waals surface area contributed by atoms with E-state index >= 15 is 0 Å². The van der Waals surface area contributed by atoms with Crippen molar-refractivity contribution in [3.63, 3.8) is 0 Å². The monoisotopic (exact) mass is 189 g/mol. The molecule has 0 atom stereocenters. The van der Waals surface area contributed by atoms with Crippen LogP contribution in [0.1, 0.15) is 13.8 Å². The van der Waals surface area contributed by atoms with Gasteiger partial charge >= 0.3 is 29.6 Å². The molecule has 0 aliphatic heterocycles. The van der Waals surface area contributed by atoms with E-state index in [0.717, 1.165) is 0 Å². The van der Waals surface area contributed by atoms with Crippen LogP contribution in [0.15, 0.2) is 0 Å². The summed E-state index contributed by atoms with van der Waals surface area (Å²) < 4.78 is 0. The van der Waals surface area contributed by atoms with E-state index in [2.05, 4.69) is 5.73 Å². The predicted octanol–water partition coefficient (Wildman–Crippen LogP) is -5.30. The molecule has 0 radical (unpaired) electrons. The largest absolute Gasteiger partial charge is 1.00 e. The van der Waals surface area contributed by atoms with E-state index in [4.69, 9.17) is 20.1 Å². The standard InChI is InChI=1S/C2H5NO2.2C2H6O.Na/c3-1-2(4)5;2*1-2-3;/h1,3H2,(H,4,5);2*3H,2H2,1H3;/q;;;+1/p-1. The molecule has 0 rings (SSSR count). The van der Waals surface area contributed by atoms with Gasteiger partial charge in [-0.15, -0.1) is 0 Å². The van der Waals surface area contributed by atoms with Crippen molar-refractivity contribution in [3.8, 4) is 0 Å². The van der Waals surface area contributed by atoms with E-state index in [9.17, 15) is 0 Å². The summed E-state index contributed by atoms with van der Waals surface area (Å²) in [5, 5.41) is 24.3. The zero-order valence-electron chi connectivity index (χ0n) is 7.91. The molecule has 0 fully saturated rings. The molecule has 0 amide bonds. The minimum absolute atomic E-state index is 0. The third-order valence-corrected chi connectivity index (χ3v) is 0.167. The van der Waals surface area contributed by atoms with Crippen LogP contribution in [0.3, 0.4) is 0 Å². The number of carboxylic acids is 1. The fraction of sp³-hybridized carbons (Fsp3) is 0.833. The van der Waals surface area contributed by atoms with Gasteiger partial charge in [0, 0.05) is 19.8 Å². The van der Waals surface area contributed by atoms with Gasteiger partial charge in [-0.3, -0.25) is 0 Å². The van der Waals surface area contributed by atoms with Crippen LogP contribution < -0.4 is 40.4 Å². The molecule has 0 aromatic rings. The summed E-state index contributed by atoms with van der Waals surface area (Å²) in [5.74, 6) is -1.22. The summed E-state index contributed by atoms with van der Waals surface area (Å²) >= 11 is 0. The average Bonchev–Trinajstić information content (AvgIpc) is 1.91. The molecule has 5 nitrogen and oxygen atoms in total. The summed E-state index contributed by atoms with van der Waals surface area (Å²) in [4.78, 5) is 9.13. The van der Waals surface area contributed by atoms with E-state index < -0.39 is 5.97 Å².